The molecule has 162 valence electrons. The van der Waals surface area contributed by atoms with Crippen LogP contribution in [-0.2, 0) is 4.79 Å². The Morgan fingerprint density at radius 1 is 1.16 bits per heavy atom. The van der Waals surface area contributed by atoms with Gasteiger partial charge in [-0.1, -0.05) is 37.2 Å². The molecule has 3 aromatic rings. The number of piperazine rings is 1. The summed E-state index contributed by atoms with van der Waals surface area (Å²) in [6.45, 7) is 9.22. The lowest BCUT2D eigenvalue weighted by molar-refractivity contribution is -0.114. The van der Waals surface area contributed by atoms with Crippen LogP contribution < -0.4 is 15.5 Å². The van der Waals surface area contributed by atoms with Crippen molar-refractivity contribution < 1.29 is 14.4 Å². The fourth-order valence-electron chi connectivity index (χ4n) is 3.92. The molecule has 1 fully saturated rings. The molecule has 1 aromatic heterocycles. The van der Waals surface area contributed by atoms with Gasteiger partial charge in [0.2, 0.25) is 5.91 Å². The van der Waals surface area contributed by atoms with Gasteiger partial charge in [-0.3, -0.25) is 4.79 Å². The molecule has 7 nitrogen and oxygen atoms in total. The number of rotatable bonds is 5. The van der Waals surface area contributed by atoms with Crippen LogP contribution in [0, 0.1) is 0 Å². The van der Waals surface area contributed by atoms with Crippen LogP contribution in [0.4, 0.5) is 11.5 Å². The van der Waals surface area contributed by atoms with Crippen molar-refractivity contribution >= 4 is 17.4 Å². The highest BCUT2D eigenvalue weighted by molar-refractivity contribution is 5.90. The largest absolute Gasteiger partial charge is 0.507 e. The van der Waals surface area contributed by atoms with Gasteiger partial charge in [0.05, 0.1) is 5.56 Å². The zero-order chi connectivity index (χ0) is 22.0. The van der Waals surface area contributed by atoms with Crippen LogP contribution in [0.15, 0.2) is 47.0 Å². The van der Waals surface area contributed by atoms with E-state index in [1.807, 2.05) is 42.5 Å². The summed E-state index contributed by atoms with van der Waals surface area (Å²) in [7, 11) is 0. The Kier molecular flexibility index (Phi) is 5.95. The topological polar surface area (TPSA) is 90.6 Å². The van der Waals surface area contributed by atoms with Gasteiger partial charge in [-0.2, -0.15) is 0 Å². The fourth-order valence-corrected chi connectivity index (χ4v) is 3.92. The number of amides is 1. The number of para-hydroxylation sites is 1. The Bertz CT molecular complexity index is 1080. The predicted octanol–water partition coefficient (Wildman–Crippen LogP) is 4.21. The van der Waals surface area contributed by atoms with Crippen molar-refractivity contribution in [2.45, 2.75) is 26.7 Å². The summed E-state index contributed by atoms with van der Waals surface area (Å²) in [5.74, 6) is 1.57. The highest BCUT2D eigenvalue weighted by Gasteiger charge is 2.19. The fraction of sp³-hybridized carbons (Fsp3) is 0.333. The molecule has 0 saturated carbocycles. The molecule has 31 heavy (non-hydrogen) atoms. The summed E-state index contributed by atoms with van der Waals surface area (Å²) in [6, 6.07) is 13.3. The van der Waals surface area contributed by atoms with Crippen molar-refractivity contribution in [2.75, 3.05) is 36.4 Å². The second-order valence-electron chi connectivity index (χ2n) is 8.13. The van der Waals surface area contributed by atoms with Crippen LogP contribution in [0.2, 0.25) is 0 Å². The quantitative estimate of drug-likeness (QED) is 0.573. The van der Waals surface area contributed by atoms with Crippen molar-refractivity contribution in [3.8, 4) is 28.2 Å². The molecule has 1 amide bonds. The molecular weight excluding hydrogens is 392 g/mol. The second kappa shape index (κ2) is 8.81. The maximum atomic E-state index is 11.5. The first-order valence-electron chi connectivity index (χ1n) is 10.6. The maximum Gasteiger partial charge on any atom is 0.221 e. The summed E-state index contributed by atoms with van der Waals surface area (Å²) in [4.78, 5) is 13.7. The number of aromatic hydroxyl groups is 1. The van der Waals surface area contributed by atoms with Crippen LogP contribution >= 0.6 is 0 Å². The van der Waals surface area contributed by atoms with E-state index < -0.39 is 0 Å². The number of nitrogens with one attached hydrogen (secondary N) is 2. The van der Waals surface area contributed by atoms with Gasteiger partial charge in [0.15, 0.2) is 11.6 Å². The summed E-state index contributed by atoms with van der Waals surface area (Å²) >= 11 is 0. The van der Waals surface area contributed by atoms with E-state index in [-0.39, 0.29) is 17.6 Å². The third-order valence-corrected chi connectivity index (χ3v) is 5.54. The molecule has 1 saturated heterocycles. The monoisotopic (exact) mass is 420 g/mol. The minimum absolute atomic E-state index is 0.106. The van der Waals surface area contributed by atoms with E-state index in [1.54, 1.807) is 0 Å². The number of nitrogens with zero attached hydrogens (tertiary/aromatic N) is 2. The number of hydrogen-bond donors (Lipinski definition) is 3. The molecule has 0 spiro atoms. The number of benzene rings is 2. The van der Waals surface area contributed by atoms with Crippen LogP contribution in [0.5, 0.6) is 5.75 Å². The van der Waals surface area contributed by atoms with E-state index in [9.17, 15) is 9.90 Å². The summed E-state index contributed by atoms with van der Waals surface area (Å²) in [5, 5.41) is 21.5. The van der Waals surface area contributed by atoms with E-state index in [2.05, 4.69) is 34.5 Å². The lowest BCUT2D eigenvalue weighted by Crippen LogP contribution is -2.43. The summed E-state index contributed by atoms with van der Waals surface area (Å²) < 4.78 is 5.58. The SMILES string of the molecule is CC(=O)Nc1ccc(-c2cccc(-c3cc(N4CCNCC4)no3)c2O)cc1C(C)C. The molecule has 0 bridgehead atoms. The van der Waals surface area contributed by atoms with Crippen LogP contribution in [-0.4, -0.2) is 42.3 Å². The first-order valence-corrected chi connectivity index (χ1v) is 10.6. The van der Waals surface area contributed by atoms with Gasteiger partial charge in [0, 0.05) is 50.4 Å². The molecule has 4 rings (SSSR count). The van der Waals surface area contributed by atoms with Gasteiger partial charge in [0.1, 0.15) is 5.75 Å². The molecule has 1 aliphatic heterocycles. The first-order chi connectivity index (χ1) is 14.9. The first kappa shape index (κ1) is 20.9. The van der Waals surface area contributed by atoms with E-state index in [1.165, 1.54) is 6.92 Å². The van der Waals surface area contributed by atoms with Crippen LogP contribution in [0.3, 0.4) is 0 Å². The van der Waals surface area contributed by atoms with Crippen molar-refractivity contribution in [3.63, 3.8) is 0 Å². The van der Waals surface area contributed by atoms with Crippen molar-refractivity contribution in [2.24, 2.45) is 0 Å². The van der Waals surface area contributed by atoms with E-state index in [0.717, 1.165) is 48.8 Å². The maximum absolute atomic E-state index is 11.5. The van der Waals surface area contributed by atoms with Gasteiger partial charge in [-0.15, -0.1) is 0 Å². The predicted molar refractivity (Wildman–Crippen MR) is 123 cm³/mol. The Hall–Kier alpha value is -3.32. The van der Waals surface area contributed by atoms with E-state index in [0.29, 0.717) is 16.9 Å². The number of phenolic OH excluding ortho intramolecular Hbond substituents is 1. The molecular formula is C24H28N4O3. The number of hydrogen-bond acceptors (Lipinski definition) is 6. The molecule has 2 aromatic carbocycles. The lowest BCUT2D eigenvalue weighted by atomic mass is 9.94. The highest BCUT2D eigenvalue weighted by Crippen LogP contribution is 2.40. The Balaban J connectivity index is 1.69. The van der Waals surface area contributed by atoms with Gasteiger partial charge in [-0.05, 0) is 35.2 Å². The highest BCUT2D eigenvalue weighted by atomic mass is 16.5. The average molecular weight is 421 g/mol. The number of carbonyl (C=O) groups is 1. The zero-order valence-corrected chi connectivity index (χ0v) is 18.1. The van der Waals surface area contributed by atoms with Gasteiger partial charge in [-0.25, -0.2) is 0 Å². The van der Waals surface area contributed by atoms with Crippen LogP contribution in [0.1, 0.15) is 32.3 Å². The Morgan fingerprint density at radius 3 is 2.61 bits per heavy atom. The molecule has 0 unspecified atom stereocenters. The molecule has 3 N–H and O–H groups in total. The molecule has 7 heteroatoms. The standard InChI is InChI=1S/C24H28N4O3/c1-15(2)20-13-17(7-8-21(20)26-16(3)29)18-5-4-6-19(24(18)30)22-14-23(27-31-22)28-11-9-25-10-12-28/h4-8,13-15,25,30H,9-12H2,1-3H3,(H,26,29). The van der Waals surface area contributed by atoms with E-state index >= 15 is 0 Å². The molecule has 1 aliphatic rings. The smallest absolute Gasteiger partial charge is 0.221 e. The minimum atomic E-state index is -0.106. The molecule has 0 atom stereocenters. The van der Waals surface area contributed by atoms with Crippen molar-refractivity contribution in [1.29, 1.82) is 0 Å². The lowest BCUT2D eigenvalue weighted by Gasteiger charge is -2.26. The normalized spacial score (nSPS) is 14.1. The molecule has 2 heterocycles. The number of anilines is 2. The minimum Gasteiger partial charge on any atom is -0.507 e. The average Bonchev–Trinajstić information content (AvgIpc) is 3.24. The second-order valence-corrected chi connectivity index (χ2v) is 8.13. The Morgan fingerprint density at radius 2 is 1.90 bits per heavy atom. The van der Waals surface area contributed by atoms with Gasteiger partial charge < -0.3 is 25.2 Å². The van der Waals surface area contributed by atoms with Crippen molar-refractivity contribution in [3.05, 3.63) is 48.0 Å². The van der Waals surface area contributed by atoms with Crippen LogP contribution in [0.25, 0.3) is 22.5 Å². The van der Waals surface area contributed by atoms with Gasteiger partial charge in [0.25, 0.3) is 0 Å². The van der Waals surface area contributed by atoms with Gasteiger partial charge >= 0.3 is 0 Å². The Labute approximate surface area is 182 Å². The van der Waals surface area contributed by atoms with E-state index in [4.69, 9.17) is 4.52 Å². The molecule has 0 aliphatic carbocycles. The summed E-state index contributed by atoms with van der Waals surface area (Å²) in [5.41, 5.74) is 3.98. The summed E-state index contributed by atoms with van der Waals surface area (Å²) in [6.07, 6.45) is 0. The third-order valence-electron chi connectivity index (χ3n) is 5.54. The zero-order valence-electron chi connectivity index (χ0n) is 18.1. The molecule has 0 radical (unpaired) electrons. The third kappa shape index (κ3) is 4.41. The van der Waals surface area contributed by atoms with Crippen molar-refractivity contribution in [1.82, 2.24) is 10.5 Å². The number of phenols is 1. The number of aromatic nitrogens is 1. The number of carbonyl (C=O) groups excluding carboxylic acids is 1.